The third-order valence-corrected chi connectivity index (χ3v) is 3.99. The van der Waals surface area contributed by atoms with Gasteiger partial charge >= 0.3 is 0 Å². The van der Waals surface area contributed by atoms with Crippen LogP contribution in [0.3, 0.4) is 0 Å². The summed E-state index contributed by atoms with van der Waals surface area (Å²) in [6.45, 7) is 10.8. The molecule has 1 fully saturated rings. The van der Waals surface area contributed by atoms with Gasteiger partial charge in [-0.3, -0.25) is 4.90 Å². The molecule has 0 amide bonds. The lowest BCUT2D eigenvalue weighted by molar-refractivity contribution is 0.0818. The molecule has 0 saturated heterocycles. The van der Waals surface area contributed by atoms with Gasteiger partial charge in [0.25, 0.3) is 0 Å². The van der Waals surface area contributed by atoms with Gasteiger partial charge < -0.3 is 5.32 Å². The van der Waals surface area contributed by atoms with Crippen LogP contribution in [0.25, 0.3) is 0 Å². The first-order valence-electron chi connectivity index (χ1n) is 6.30. The maximum Gasteiger partial charge on any atom is 0.0431 e. The Hall–Kier alpha value is -0.340. The van der Waals surface area contributed by atoms with Crippen LogP contribution in [0.4, 0.5) is 0 Å². The van der Waals surface area contributed by atoms with E-state index in [-0.39, 0.29) is 0 Å². The summed E-state index contributed by atoms with van der Waals surface area (Å²) in [6, 6.07) is 0.430. The van der Waals surface area contributed by atoms with Gasteiger partial charge in [-0.25, -0.2) is 0 Å². The van der Waals surface area contributed by atoms with Crippen molar-refractivity contribution >= 4 is 0 Å². The van der Waals surface area contributed by atoms with E-state index in [2.05, 4.69) is 43.8 Å². The molecule has 0 bridgehead atoms. The number of rotatable bonds is 6. The summed E-state index contributed by atoms with van der Waals surface area (Å²) in [5.41, 5.74) is 0.333. The predicted octanol–water partition coefficient (Wildman–Crippen LogP) is 2.42. The minimum absolute atomic E-state index is 0.333. The standard InChI is InChI=1S/C13H26N2/c1-5-12(14-4)13(10-8-9-11-13)15(6-2)7-3/h5,12,14H,1,6-11H2,2-4H3. The van der Waals surface area contributed by atoms with E-state index in [0.29, 0.717) is 11.6 Å². The van der Waals surface area contributed by atoms with E-state index in [1.165, 1.54) is 25.7 Å². The van der Waals surface area contributed by atoms with Gasteiger partial charge in [0.2, 0.25) is 0 Å². The highest BCUT2D eigenvalue weighted by molar-refractivity contribution is 5.09. The first-order valence-corrected chi connectivity index (χ1v) is 6.30. The number of nitrogens with zero attached hydrogens (tertiary/aromatic N) is 1. The van der Waals surface area contributed by atoms with E-state index in [9.17, 15) is 0 Å². The molecule has 15 heavy (non-hydrogen) atoms. The molecule has 2 heteroatoms. The number of hydrogen-bond donors (Lipinski definition) is 1. The van der Waals surface area contributed by atoms with Crippen LogP contribution in [-0.4, -0.2) is 36.6 Å². The van der Waals surface area contributed by atoms with Crippen molar-refractivity contribution < 1.29 is 0 Å². The fraction of sp³-hybridized carbons (Fsp3) is 0.846. The summed E-state index contributed by atoms with van der Waals surface area (Å²) in [4.78, 5) is 2.61. The summed E-state index contributed by atoms with van der Waals surface area (Å²) in [7, 11) is 2.05. The first-order chi connectivity index (χ1) is 7.25. The van der Waals surface area contributed by atoms with E-state index in [1.54, 1.807) is 0 Å². The third-order valence-electron chi connectivity index (χ3n) is 3.99. The van der Waals surface area contributed by atoms with Crippen molar-refractivity contribution in [3.63, 3.8) is 0 Å². The Morgan fingerprint density at radius 3 is 2.20 bits per heavy atom. The molecular weight excluding hydrogens is 184 g/mol. The zero-order valence-electron chi connectivity index (χ0n) is 10.6. The minimum Gasteiger partial charge on any atom is -0.312 e. The molecule has 0 aromatic carbocycles. The van der Waals surface area contributed by atoms with Crippen molar-refractivity contribution in [2.24, 2.45) is 0 Å². The summed E-state index contributed by atoms with van der Waals surface area (Å²) in [6.07, 6.45) is 7.44. The highest BCUT2D eigenvalue weighted by Gasteiger charge is 2.42. The van der Waals surface area contributed by atoms with Crippen LogP contribution >= 0.6 is 0 Å². The molecule has 0 spiro atoms. The topological polar surface area (TPSA) is 15.3 Å². The molecule has 0 aromatic heterocycles. The maximum atomic E-state index is 3.98. The molecule has 1 aliphatic rings. The molecule has 0 aliphatic heterocycles. The number of likely N-dealkylation sites (N-methyl/N-ethyl adjacent to an activating group) is 2. The molecule has 2 nitrogen and oxygen atoms in total. The number of nitrogens with one attached hydrogen (secondary N) is 1. The second-order valence-electron chi connectivity index (χ2n) is 4.49. The minimum atomic E-state index is 0.333. The smallest absolute Gasteiger partial charge is 0.0431 e. The Labute approximate surface area is 94.7 Å². The van der Waals surface area contributed by atoms with Gasteiger partial charge in [0.1, 0.15) is 0 Å². The van der Waals surface area contributed by atoms with Gasteiger partial charge in [0, 0.05) is 11.6 Å². The average Bonchev–Trinajstić information content (AvgIpc) is 2.72. The molecule has 1 N–H and O–H groups in total. The molecule has 1 saturated carbocycles. The van der Waals surface area contributed by atoms with E-state index in [1.807, 2.05) is 0 Å². The van der Waals surface area contributed by atoms with E-state index >= 15 is 0 Å². The van der Waals surface area contributed by atoms with Gasteiger partial charge in [-0.15, -0.1) is 6.58 Å². The molecule has 0 radical (unpaired) electrons. The molecule has 1 aliphatic carbocycles. The van der Waals surface area contributed by atoms with Crippen LogP contribution in [0.2, 0.25) is 0 Å². The van der Waals surface area contributed by atoms with E-state index in [4.69, 9.17) is 0 Å². The lowest BCUT2D eigenvalue weighted by Gasteiger charge is -2.45. The Balaban J connectivity index is 2.89. The second-order valence-corrected chi connectivity index (χ2v) is 4.49. The van der Waals surface area contributed by atoms with Crippen LogP contribution < -0.4 is 5.32 Å². The lowest BCUT2D eigenvalue weighted by atomic mass is 9.86. The fourth-order valence-electron chi connectivity index (χ4n) is 3.27. The summed E-state index contributed by atoms with van der Waals surface area (Å²) in [5, 5.41) is 3.42. The van der Waals surface area contributed by atoms with Crippen molar-refractivity contribution in [1.29, 1.82) is 0 Å². The van der Waals surface area contributed by atoms with Crippen molar-refractivity contribution in [2.45, 2.75) is 51.1 Å². The number of hydrogen-bond acceptors (Lipinski definition) is 2. The molecule has 1 unspecified atom stereocenters. The normalized spacial score (nSPS) is 21.9. The fourth-order valence-corrected chi connectivity index (χ4v) is 3.27. The van der Waals surface area contributed by atoms with Crippen LogP contribution in [0, 0.1) is 0 Å². The van der Waals surface area contributed by atoms with Gasteiger partial charge in [0.05, 0.1) is 0 Å². The highest BCUT2D eigenvalue weighted by atomic mass is 15.2. The summed E-state index contributed by atoms with van der Waals surface area (Å²) in [5.74, 6) is 0. The highest BCUT2D eigenvalue weighted by Crippen LogP contribution is 2.38. The predicted molar refractivity (Wildman–Crippen MR) is 67.2 cm³/mol. The van der Waals surface area contributed by atoms with Crippen molar-refractivity contribution in [2.75, 3.05) is 20.1 Å². The summed E-state index contributed by atoms with van der Waals surface area (Å²) < 4.78 is 0. The van der Waals surface area contributed by atoms with Gasteiger partial charge in [-0.1, -0.05) is 32.8 Å². The molecule has 1 atom stereocenters. The maximum absolute atomic E-state index is 3.98. The molecular formula is C13H26N2. The Kier molecular flexibility index (Phi) is 4.81. The molecule has 0 heterocycles. The van der Waals surface area contributed by atoms with Crippen LogP contribution in [-0.2, 0) is 0 Å². The van der Waals surface area contributed by atoms with Crippen LogP contribution in [0.15, 0.2) is 12.7 Å². The molecule has 0 aromatic rings. The quantitative estimate of drug-likeness (QED) is 0.677. The molecule has 88 valence electrons. The molecule has 1 rings (SSSR count). The SMILES string of the molecule is C=CC(NC)C1(N(CC)CC)CCCC1. The van der Waals surface area contributed by atoms with Crippen molar-refractivity contribution in [3.8, 4) is 0 Å². The largest absolute Gasteiger partial charge is 0.312 e. The second kappa shape index (κ2) is 5.66. The zero-order valence-corrected chi connectivity index (χ0v) is 10.6. The van der Waals surface area contributed by atoms with Crippen LogP contribution in [0.1, 0.15) is 39.5 Å². The van der Waals surface area contributed by atoms with E-state index in [0.717, 1.165) is 13.1 Å². The monoisotopic (exact) mass is 210 g/mol. The third kappa shape index (κ3) is 2.26. The Morgan fingerprint density at radius 2 is 1.87 bits per heavy atom. The van der Waals surface area contributed by atoms with Gasteiger partial charge in [-0.05, 0) is 33.0 Å². The van der Waals surface area contributed by atoms with Crippen molar-refractivity contribution in [1.82, 2.24) is 10.2 Å². The van der Waals surface area contributed by atoms with Crippen LogP contribution in [0.5, 0.6) is 0 Å². The van der Waals surface area contributed by atoms with Crippen molar-refractivity contribution in [3.05, 3.63) is 12.7 Å². The van der Waals surface area contributed by atoms with E-state index < -0.39 is 0 Å². The van der Waals surface area contributed by atoms with Gasteiger partial charge in [0.15, 0.2) is 0 Å². The first kappa shape index (κ1) is 12.7. The zero-order chi connectivity index (χ0) is 11.3. The Morgan fingerprint density at radius 1 is 1.33 bits per heavy atom. The Bertz CT molecular complexity index is 191. The lowest BCUT2D eigenvalue weighted by Crippen LogP contribution is -2.58. The van der Waals surface area contributed by atoms with Gasteiger partial charge in [-0.2, -0.15) is 0 Å². The average molecular weight is 210 g/mol. The summed E-state index contributed by atoms with van der Waals surface area (Å²) >= 11 is 0.